The van der Waals surface area contributed by atoms with Crippen LogP contribution in [0.25, 0.3) is 0 Å². The predicted octanol–water partition coefficient (Wildman–Crippen LogP) is 3.33. The number of hydrogen-bond donors (Lipinski definition) is 1. The Hall–Kier alpha value is -0.870. The first kappa shape index (κ1) is 15.0. The van der Waals surface area contributed by atoms with Gasteiger partial charge in [-0.15, -0.1) is 0 Å². The van der Waals surface area contributed by atoms with Gasteiger partial charge < -0.3 is 9.84 Å². The van der Waals surface area contributed by atoms with Crippen LogP contribution in [0.2, 0.25) is 0 Å². The van der Waals surface area contributed by atoms with Crippen LogP contribution in [0.1, 0.15) is 63.3 Å². The molecule has 1 aliphatic carbocycles. The molecule has 4 heteroatoms. The van der Waals surface area contributed by atoms with E-state index >= 15 is 0 Å². The van der Waals surface area contributed by atoms with E-state index in [1.54, 1.807) is 0 Å². The molecule has 1 atom stereocenters. The van der Waals surface area contributed by atoms with Gasteiger partial charge in [0.05, 0.1) is 12.2 Å². The zero-order valence-corrected chi connectivity index (χ0v) is 13.3. The van der Waals surface area contributed by atoms with Gasteiger partial charge in [-0.1, -0.05) is 24.9 Å². The number of nitrogens with one attached hydrogen (secondary N) is 1. The Morgan fingerprint density at radius 2 is 2.14 bits per heavy atom. The van der Waals surface area contributed by atoms with E-state index in [1.165, 1.54) is 45.1 Å². The highest BCUT2D eigenvalue weighted by Gasteiger charge is 2.33. The maximum Gasteiger partial charge on any atom is 0.151 e. The summed E-state index contributed by atoms with van der Waals surface area (Å²) in [6.07, 6.45) is 9.62. The van der Waals surface area contributed by atoms with E-state index in [2.05, 4.69) is 28.4 Å². The second kappa shape index (κ2) is 7.41. The maximum absolute atomic E-state index is 5.54. The number of likely N-dealkylation sites (tertiary alicyclic amines) is 1. The fourth-order valence-electron chi connectivity index (χ4n) is 4.03. The summed E-state index contributed by atoms with van der Waals surface area (Å²) < 4.78 is 5.54. The third kappa shape index (κ3) is 3.86. The molecule has 1 saturated heterocycles. The van der Waals surface area contributed by atoms with Crippen LogP contribution in [-0.4, -0.2) is 29.2 Å². The van der Waals surface area contributed by atoms with Crippen molar-refractivity contribution in [3.8, 4) is 0 Å². The summed E-state index contributed by atoms with van der Waals surface area (Å²) in [6, 6.07) is 2.92. The van der Waals surface area contributed by atoms with E-state index in [4.69, 9.17) is 4.52 Å². The predicted molar refractivity (Wildman–Crippen MR) is 83.9 cm³/mol. The molecule has 3 rings (SSSR count). The molecule has 0 radical (unpaired) electrons. The standard InChI is InChI=1S/C17H29N3O/c1-2-9-18-12-15-11-16(21-19-15)13-20-10-5-8-17(20)14-6-3-4-7-14/h11,14,17-18H,2-10,12-13H2,1H3. The summed E-state index contributed by atoms with van der Waals surface area (Å²) in [4.78, 5) is 2.64. The van der Waals surface area contributed by atoms with Crippen molar-refractivity contribution in [2.24, 2.45) is 5.92 Å². The number of nitrogens with zero attached hydrogens (tertiary/aromatic N) is 2. The molecule has 21 heavy (non-hydrogen) atoms. The zero-order valence-electron chi connectivity index (χ0n) is 13.3. The fraction of sp³-hybridized carbons (Fsp3) is 0.824. The average Bonchev–Trinajstić information content (AvgIpc) is 3.20. The van der Waals surface area contributed by atoms with E-state index < -0.39 is 0 Å². The fourth-order valence-corrected chi connectivity index (χ4v) is 4.03. The van der Waals surface area contributed by atoms with Gasteiger partial charge in [0.1, 0.15) is 0 Å². The van der Waals surface area contributed by atoms with Crippen molar-refractivity contribution in [2.75, 3.05) is 13.1 Å². The summed E-state index contributed by atoms with van der Waals surface area (Å²) in [7, 11) is 0. The van der Waals surface area contributed by atoms with Crippen molar-refractivity contribution in [1.29, 1.82) is 0 Å². The molecule has 1 aromatic rings. The van der Waals surface area contributed by atoms with Crippen LogP contribution in [0, 0.1) is 5.92 Å². The lowest BCUT2D eigenvalue weighted by Crippen LogP contribution is -2.34. The van der Waals surface area contributed by atoms with E-state index in [0.29, 0.717) is 0 Å². The second-order valence-electron chi connectivity index (χ2n) is 6.69. The first-order valence-electron chi connectivity index (χ1n) is 8.76. The highest BCUT2D eigenvalue weighted by molar-refractivity contribution is 5.06. The lowest BCUT2D eigenvalue weighted by Gasteiger charge is -2.28. The molecule has 0 spiro atoms. The largest absolute Gasteiger partial charge is 0.360 e. The van der Waals surface area contributed by atoms with Crippen molar-refractivity contribution in [3.05, 3.63) is 17.5 Å². The molecule has 2 heterocycles. The summed E-state index contributed by atoms with van der Waals surface area (Å²) in [6.45, 7) is 6.21. The third-order valence-corrected chi connectivity index (χ3v) is 5.06. The molecule has 1 aliphatic heterocycles. The Labute approximate surface area is 128 Å². The van der Waals surface area contributed by atoms with Gasteiger partial charge in [-0.2, -0.15) is 0 Å². The minimum absolute atomic E-state index is 0.791. The zero-order chi connectivity index (χ0) is 14.5. The maximum atomic E-state index is 5.54. The Balaban J connectivity index is 1.53. The van der Waals surface area contributed by atoms with Gasteiger partial charge in [-0.05, 0) is 51.1 Å². The van der Waals surface area contributed by atoms with Gasteiger partial charge in [0.2, 0.25) is 0 Å². The first-order valence-corrected chi connectivity index (χ1v) is 8.76. The summed E-state index contributed by atoms with van der Waals surface area (Å²) in [5.41, 5.74) is 1.04. The van der Waals surface area contributed by atoms with Crippen LogP contribution in [0.4, 0.5) is 0 Å². The number of rotatable bonds is 7. The normalized spacial score (nSPS) is 24.1. The van der Waals surface area contributed by atoms with E-state index in [-0.39, 0.29) is 0 Å². The highest BCUT2D eigenvalue weighted by Crippen LogP contribution is 2.36. The van der Waals surface area contributed by atoms with Crippen molar-refractivity contribution in [1.82, 2.24) is 15.4 Å². The Morgan fingerprint density at radius 1 is 1.29 bits per heavy atom. The SMILES string of the molecule is CCCNCc1cc(CN2CCCC2C2CCCC2)on1. The van der Waals surface area contributed by atoms with Crippen LogP contribution < -0.4 is 5.32 Å². The Kier molecular flexibility index (Phi) is 5.31. The molecule has 1 unspecified atom stereocenters. The van der Waals surface area contributed by atoms with Crippen LogP contribution >= 0.6 is 0 Å². The monoisotopic (exact) mass is 291 g/mol. The van der Waals surface area contributed by atoms with E-state index in [1.807, 2.05) is 0 Å². The van der Waals surface area contributed by atoms with Crippen LogP contribution in [0.15, 0.2) is 10.6 Å². The molecule has 4 nitrogen and oxygen atoms in total. The molecule has 1 saturated carbocycles. The molecule has 0 aromatic carbocycles. The molecular weight excluding hydrogens is 262 g/mol. The summed E-state index contributed by atoms with van der Waals surface area (Å²) in [5, 5.41) is 7.56. The van der Waals surface area contributed by atoms with Crippen LogP contribution in [0.5, 0.6) is 0 Å². The quantitative estimate of drug-likeness (QED) is 0.782. The molecule has 0 amide bonds. The Morgan fingerprint density at radius 3 is 2.95 bits per heavy atom. The van der Waals surface area contributed by atoms with Crippen LogP contribution in [-0.2, 0) is 13.1 Å². The molecule has 118 valence electrons. The summed E-state index contributed by atoms with van der Waals surface area (Å²) in [5.74, 6) is 1.97. The van der Waals surface area contributed by atoms with Gasteiger partial charge in [0, 0.05) is 18.7 Å². The minimum Gasteiger partial charge on any atom is -0.360 e. The van der Waals surface area contributed by atoms with Gasteiger partial charge in [0.15, 0.2) is 5.76 Å². The lowest BCUT2D eigenvalue weighted by molar-refractivity contribution is 0.166. The van der Waals surface area contributed by atoms with Crippen LogP contribution in [0.3, 0.4) is 0 Å². The molecule has 2 fully saturated rings. The Bertz CT molecular complexity index is 425. The van der Waals surface area contributed by atoms with Gasteiger partial charge >= 0.3 is 0 Å². The molecule has 1 aromatic heterocycles. The third-order valence-electron chi connectivity index (χ3n) is 5.06. The van der Waals surface area contributed by atoms with Gasteiger partial charge in [-0.25, -0.2) is 0 Å². The molecule has 2 aliphatic rings. The minimum atomic E-state index is 0.791. The number of hydrogen-bond acceptors (Lipinski definition) is 4. The molecular formula is C17H29N3O. The van der Waals surface area contributed by atoms with Crippen molar-refractivity contribution in [3.63, 3.8) is 0 Å². The lowest BCUT2D eigenvalue weighted by atomic mass is 9.96. The van der Waals surface area contributed by atoms with Gasteiger partial charge in [-0.3, -0.25) is 4.90 Å². The van der Waals surface area contributed by atoms with E-state index in [9.17, 15) is 0 Å². The molecule has 0 bridgehead atoms. The summed E-state index contributed by atoms with van der Waals surface area (Å²) >= 11 is 0. The highest BCUT2D eigenvalue weighted by atomic mass is 16.5. The van der Waals surface area contributed by atoms with Crippen molar-refractivity contribution in [2.45, 2.75) is 71.0 Å². The first-order chi connectivity index (χ1) is 10.4. The molecule has 1 N–H and O–H groups in total. The second-order valence-corrected chi connectivity index (χ2v) is 6.69. The smallest absolute Gasteiger partial charge is 0.151 e. The van der Waals surface area contributed by atoms with Gasteiger partial charge in [0.25, 0.3) is 0 Å². The number of aromatic nitrogens is 1. The average molecular weight is 291 g/mol. The van der Waals surface area contributed by atoms with E-state index in [0.717, 1.165) is 49.5 Å². The van der Waals surface area contributed by atoms with Crippen molar-refractivity contribution < 1.29 is 4.52 Å². The van der Waals surface area contributed by atoms with Crippen molar-refractivity contribution >= 4 is 0 Å². The topological polar surface area (TPSA) is 41.3 Å².